The van der Waals surface area contributed by atoms with E-state index >= 15 is 0 Å². The quantitative estimate of drug-likeness (QED) is 0.223. The maximum absolute atomic E-state index is 13.1. The van der Waals surface area contributed by atoms with Crippen LogP contribution in [0, 0.1) is 13.8 Å². The van der Waals surface area contributed by atoms with Crippen molar-refractivity contribution < 1.29 is 22.7 Å². The third-order valence-electron chi connectivity index (χ3n) is 7.50. The number of aryl methyl sites for hydroxylation is 2. The maximum Gasteiger partial charge on any atom is 0.251 e. The Labute approximate surface area is 267 Å². The van der Waals surface area contributed by atoms with Crippen LogP contribution in [0.1, 0.15) is 46.6 Å². The van der Waals surface area contributed by atoms with Crippen molar-refractivity contribution in [2.45, 2.75) is 49.7 Å². The maximum atomic E-state index is 13.1. The van der Waals surface area contributed by atoms with Crippen molar-refractivity contribution in [1.82, 2.24) is 24.4 Å². The average molecular weight is 649 g/mol. The van der Waals surface area contributed by atoms with E-state index in [-0.39, 0.29) is 23.1 Å². The van der Waals surface area contributed by atoms with Gasteiger partial charge in [0.25, 0.3) is 5.91 Å². The number of piperidine rings is 1. The number of amides is 2. The standard InChI is InChI=1S/C32H36N6O5S2/c1-22-11-12-23(2)26(19-22)34-30(39)21-44-32-36-35-29(38(32)27-9-5-6-10-28(27)43-3)20-33-31(40)24-13-15-25(16-14-24)45(41,42)37-17-7-4-8-18-37/h5-6,9-16,19H,4,7-8,17-18,20-21H2,1-3H3,(H,33,40)(H,34,39). The van der Waals surface area contributed by atoms with E-state index in [2.05, 4.69) is 20.8 Å². The third kappa shape index (κ3) is 7.55. The molecule has 1 fully saturated rings. The molecule has 2 heterocycles. The fourth-order valence-electron chi connectivity index (χ4n) is 5.05. The highest BCUT2D eigenvalue weighted by Crippen LogP contribution is 2.29. The molecule has 1 aromatic heterocycles. The lowest BCUT2D eigenvalue weighted by Crippen LogP contribution is -2.35. The van der Waals surface area contributed by atoms with Crippen LogP contribution in [0.4, 0.5) is 5.69 Å². The van der Waals surface area contributed by atoms with Crippen LogP contribution in [0.25, 0.3) is 5.69 Å². The molecule has 2 amide bonds. The Kier molecular flexibility index (Phi) is 10.2. The molecule has 0 radical (unpaired) electrons. The van der Waals surface area contributed by atoms with Gasteiger partial charge in [-0.1, -0.05) is 42.4 Å². The SMILES string of the molecule is COc1ccccc1-n1c(CNC(=O)c2ccc(S(=O)(=O)N3CCCCC3)cc2)nnc1SCC(=O)Nc1cc(C)ccc1C. The van der Waals surface area contributed by atoms with Crippen LogP contribution >= 0.6 is 11.8 Å². The van der Waals surface area contributed by atoms with Gasteiger partial charge < -0.3 is 15.4 Å². The van der Waals surface area contributed by atoms with E-state index in [1.807, 2.05) is 50.2 Å². The van der Waals surface area contributed by atoms with Crippen molar-refractivity contribution in [3.05, 3.63) is 89.2 Å². The predicted molar refractivity (Wildman–Crippen MR) is 173 cm³/mol. The highest BCUT2D eigenvalue weighted by molar-refractivity contribution is 7.99. The van der Waals surface area contributed by atoms with E-state index in [9.17, 15) is 18.0 Å². The molecule has 0 spiro atoms. The molecule has 13 heteroatoms. The summed E-state index contributed by atoms with van der Waals surface area (Å²) in [4.78, 5) is 26.1. The highest BCUT2D eigenvalue weighted by atomic mass is 32.2. The summed E-state index contributed by atoms with van der Waals surface area (Å²) < 4.78 is 34.8. The molecule has 0 atom stereocenters. The molecule has 1 aliphatic heterocycles. The number of aromatic nitrogens is 3. The van der Waals surface area contributed by atoms with Crippen LogP contribution in [0.15, 0.2) is 76.8 Å². The van der Waals surface area contributed by atoms with E-state index in [1.165, 1.54) is 40.3 Å². The first-order valence-electron chi connectivity index (χ1n) is 14.6. The lowest BCUT2D eigenvalue weighted by Gasteiger charge is -2.25. The molecule has 0 aliphatic carbocycles. The third-order valence-corrected chi connectivity index (χ3v) is 10.3. The zero-order valence-electron chi connectivity index (χ0n) is 25.4. The minimum absolute atomic E-state index is 0.0208. The van der Waals surface area contributed by atoms with Gasteiger partial charge in [-0.15, -0.1) is 10.2 Å². The number of benzene rings is 3. The molecule has 1 saturated heterocycles. The van der Waals surface area contributed by atoms with Crippen LogP contribution in [0.5, 0.6) is 5.75 Å². The minimum atomic E-state index is -3.60. The number of carbonyl (C=O) groups excluding carboxylic acids is 2. The summed E-state index contributed by atoms with van der Waals surface area (Å²) in [5.41, 5.74) is 3.73. The molecular weight excluding hydrogens is 613 g/mol. The summed E-state index contributed by atoms with van der Waals surface area (Å²) in [7, 11) is -2.04. The van der Waals surface area contributed by atoms with E-state index in [1.54, 1.807) is 17.7 Å². The molecule has 11 nitrogen and oxygen atoms in total. The van der Waals surface area contributed by atoms with Gasteiger partial charge in [-0.3, -0.25) is 14.2 Å². The zero-order chi connectivity index (χ0) is 32.0. The number of anilines is 1. The average Bonchev–Trinajstić information content (AvgIpc) is 3.47. The second-order valence-electron chi connectivity index (χ2n) is 10.7. The fraction of sp³-hybridized carbons (Fsp3) is 0.312. The van der Waals surface area contributed by atoms with Crippen molar-refractivity contribution in [2.75, 3.05) is 31.3 Å². The normalized spacial score (nSPS) is 13.8. The predicted octanol–water partition coefficient (Wildman–Crippen LogP) is 4.73. The van der Waals surface area contributed by atoms with Crippen LogP contribution < -0.4 is 15.4 Å². The van der Waals surface area contributed by atoms with Gasteiger partial charge in [-0.2, -0.15) is 4.31 Å². The number of methoxy groups -OCH3 is 1. The number of thioether (sulfide) groups is 1. The Morgan fingerprint density at radius 1 is 0.956 bits per heavy atom. The van der Waals surface area contributed by atoms with E-state index in [0.717, 1.165) is 36.1 Å². The van der Waals surface area contributed by atoms with Crippen LogP contribution in [-0.2, 0) is 21.4 Å². The number of hydrogen-bond acceptors (Lipinski definition) is 8. The first kappa shape index (κ1) is 32.2. The van der Waals surface area contributed by atoms with E-state index in [0.29, 0.717) is 41.1 Å². The number of nitrogens with zero attached hydrogens (tertiary/aromatic N) is 4. The zero-order valence-corrected chi connectivity index (χ0v) is 27.1. The van der Waals surface area contributed by atoms with Crippen molar-refractivity contribution in [2.24, 2.45) is 0 Å². The lowest BCUT2D eigenvalue weighted by atomic mass is 10.1. The number of hydrogen-bond donors (Lipinski definition) is 2. The Bertz CT molecular complexity index is 1780. The smallest absolute Gasteiger partial charge is 0.251 e. The summed E-state index contributed by atoms with van der Waals surface area (Å²) in [6.45, 7) is 4.94. The van der Waals surface area contributed by atoms with Crippen molar-refractivity contribution in [1.29, 1.82) is 0 Å². The number of para-hydroxylation sites is 2. The molecular formula is C32H36N6O5S2. The van der Waals surface area contributed by atoms with Crippen LogP contribution in [-0.4, -0.2) is 65.3 Å². The highest BCUT2D eigenvalue weighted by Gasteiger charge is 2.26. The topological polar surface area (TPSA) is 136 Å². The molecule has 4 aromatic rings. The number of ether oxygens (including phenoxy) is 1. The molecule has 45 heavy (non-hydrogen) atoms. The van der Waals surface area contributed by atoms with Gasteiger partial charge in [0.2, 0.25) is 15.9 Å². The van der Waals surface area contributed by atoms with E-state index < -0.39 is 15.9 Å². The molecule has 0 unspecified atom stereocenters. The van der Waals surface area contributed by atoms with E-state index in [4.69, 9.17) is 4.74 Å². The number of nitrogens with one attached hydrogen (secondary N) is 2. The monoisotopic (exact) mass is 648 g/mol. The van der Waals surface area contributed by atoms with Gasteiger partial charge in [0, 0.05) is 24.3 Å². The summed E-state index contributed by atoms with van der Waals surface area (Å²) in [6, 6.07) is 19.2. The van der Waals surface area contributed by atoms with Gasteiger partial charge in [-0.25, -0.2) is 8.42 Å². The number of sulfonamides is 1. The molecule has 0 saturated carbocycles. The van der Waals surface area contributed by atoms with Gasteiger partial charge >= 0.3 is 0 Å². The number of rotatable bonds is 11. The molecule has 1 aliphatic rings. The van der Waals surface area contributed by atoms with Crippen molar-refractivity contribution >= 4 is 39.3 Å². The first-order chi connectivity index (χ1) is 21.7. The van der Waals surface area contributed by atoms with Gasteiger partial charge in [0.15, 0.2) is 11.0 Å². The summed E-state index contributed by atoms with van der Waals surface area (Å²) in [6.07, 6.45) is 2.72. The van der Waals surface area contributed by atoms with Crippen molar-refractivity contribution in [3.63, 3.8) is 0 Å². The first-order valence-corrected chi connectivity index (χ1v) is 17.1. The van der Waals surface area contributed by atoms with Crippen molar-refractivity contribution in [3.8, 4) is 11.4 Å². The van der Waals surface area contributed by atoms with Crippen LogP contribution in [0.2, 0.25) is 0 Å². The lowest BCUT2D eigenvalue weighted by molar-refractivity contribution is -0.113. The Balaban J connectivity index is 1.31. The Morgan fingerprint density at radius 3 is 2.42 bits per heavy atom. The Hall–Kier alpha value is -4.20. The summed E-state index contributed by atoms with van der Waals surface area (Å²) in [5.74, 6) is 0.490. The molecule has 0 bridgehead atoms. The number of carbonyl (C=O) groups is 2. The molecule has 2 N–H and O–H groups in total. The summed E-state index contributed by atoms with van der Waals surface area (Å²) >= 11 is 1.21. The minimum Gasteiger partial charge on any atom is -0.495 e. The molecule has 5 rings (SSSR count). The molecule has 236 valence electrons. The fourth-order valence-corrected chi connectivity index (χ4v) is 7.33. The summed E-state index contributed by atoms with van der Waals surface area (Å²) in [5, 5.41) is 14.9. The second kappa shape index (κ2) is 14.3. The largest absolute Gasteiger partial charge is 0.495 e. The van der Waals surface area contributed by atoms with Gasteiger partial charge in [0.1, 0.15) is 5.75 Å². The second-order valence-corrected chi connectivity index (χ2v) is 13.6. The van der Waals surface area contributed by atoms with Gasteiger partial charge in [-0.05, 0) is 80.3 Å². The molecule has 3 aromatic carbocycles. The van der Waals surface area contributed by atoms with Gasteiger partial charge in [0.05, 0.1) is 30.0 Å². The Morgan fingerprint density at radius 2 is 1.69 bits per heavy atom. The van der Waals surface area contributed by atoms with Crippen LogP contribution in [0.3, 0.4) is 0 Å².